The zero-order valence-corrected chi connectivity index (χ0v) is 11.8. The highest BCUT2D eigenvalue weighted by Crippen LogP contribution is 2.47. The average Bonchev–Trinajstić information content (AvgIpc) is 3.25. The maximum atomic E-state index is 12.1. The maximum absolute atomic E-state index is 12.1. The highest BCUT2D eigenvalue weighted by molar-refractivity contribution is 6.04. The van der Waals surface area contributed by atoms with Crippen molar-refractivity contribution in [2.75, 3.05) is 13.6 Å². The SMILES string of the molecule is CN(CCCCc1ccccc1)C(=O)C1(C(=O)O)CC1. The normalized spacial score (nSPS) is 15.7. The number of carboxylic acid groups (broad SMARTS) is 1. The largest absolute Gasteiger partial charge is 0.480 e. The van der Waals surface area contributed by atoms with E-state index in [0.29, 0.717) is 19.4 Å². The number of hydrogen-bond donors (Lipinski definition) is 1. The van der Waals surface area contributed by atoms with E-state index in [9.17, 15) is 9.59 Å². The lowest BCUT2D eigenvalue weighted by molar-refractivity contribution is -0.152. The second kappa shape index (κ2) is 6.07. The zero-order chi connectivity index (χ0) is 14.6. The Hall–Kier alpha value is -1.84. The molecule has 0 bridgehead atoms. The summed E-state index contributed by atoms with van der Waals surface area (Å²) in [6, 6.07) is 10.2. The van der Waals surface area contributed by atoms with Gasteiger partial charge >= 0.3 is 5.97 Å². The number of amides is 1. The summed E-state index contributed by atoms with van der Waals surface area (Å²) in [7, 11) is 1.70. The number of rotatable bonds is 7. The zero-order valence-electron chi connectivity index (χ0n) is 11.8. The van der Waals surface area contributed by atoms with Gasteiger partial charge in [-0.05, 0) is 37.7 Å². The number of nitrogens with zero attached hydrogens (tertiary/aromatic N) is 1. The highest BCUT2D eigenvalue weighted by Gasteiger charge is 2.58. The van der Waals surface area contributed by atoms with E-state index in [-0.39, 0.29) is 5.91 Å². The van der Waals surface area contributed by atoms with Gasteiger partial charge in [0.05, 0.1) is 0 Å². The predicted octanol–water partition coefficient (Wildman–Crippen LogP) is 2.33. The van der Waals surface area contributed by atoms with Crippen LogP contribution in [0, 0.1) is 5.41 Å². The Morgan fingerprint density at radius 3 is 2.40 bits per heavy atom. The molecule has 1 aliphatic rings. The molecule has 0 radical (unpaired) electrons. The molecule has 20 heavy (non-hydrogen) atoms. The molecule has 0 saturated heterocycles. The molecule has 4 nitrogen and oxygen atoms in total. The van der Waals surface area contributed by atoms with Gasteiger partial charge in [-0.1, -0.05) is 30.3 Å². The van der Waals surface area contributed by atoms with Crippen LogP contribution in [0.4, 0.5) is 0 Å². The van der Waals surface area contributed by atoms with E-state index in [0.717, 1.165) is 19.3 Å². The standard InChI is InChI=1S/C16H21NO3/c1-17(14(18)16(10-11-16)15(19)20)12-6-5-9-13-7-3-2-4-8-13/h2-4,7-8H,5-6,9-12H2,1H3,(H,19,20). The van der Waals surface area contributed by atoms with Crippen LogP contribution >= 0.6 is 0 Å². The Balaban J connectivity index is 1.72. The summed E-state index contributed by atoms with van der Waals surface area (Å²) in [6.45, 7) is 0.626. The van der Waals surface area contributed by atoms with Crippen LogP contribution in [0.2, 0.25) is 0 Å². The van der Waals surface area contributed by atoms with Gasteiger partial charge in [-0.15, -0.1) is 0 Å². The third kappa shape index (κ3) is 3.18. The third-order valence-corrected chi connectivity index (χ3v) is 3.97. The first-order chi connectivity index (χ1) is 9.56. The van der Waals surface area contributed by atoms with E-state index in [1.807, 2.05) is 18.2 Å². The van der Waals surface area contributed by atoms with Crippen molar-refractivity contribution in [3.8, 4) is 0 Å². The lowest BCUT2D eigenvalue weighted by Crippen LogP contribution is -2.39. The van der Waals surface area contributed by atoms with Crippen LogP contribution in [0.1, 0.15) is 31.2 Å². The summed E-state index contributed by atoms with van der Waals surface area (Å²) in [5.74, 6) is -1.21. The summed E-state index contributed by atoms with van der Waals surface area (Å²) in [4.78, 5) is 24.8. The van der Waals surface area contributed by atoms with Crippen LogP contribution in [0.15, 0.2) is 30.3 Å². The number of hydrogen-bond acceptors (Lipinski definition) is 2. The second-order valence-electron chi connectivity index (χ2n) is 5.56. The molecule has 4 heteroatoms. The monoisotopic (exact) mass is 275 g/mol. The van der Waals surface area contributed by atoms with Gasteiger partial charge in [0.25, 0.3) is 0 Å². The predicted molar refractivity (Wildman–Crippen MR) is 76.3 cm³/mol. The quantitative estimate of drug-likeness (QED) is 0.614. The second-order valence-corrected chi connectivity index (χ2v) is 5.56. The number of benzene rings is 1. The topological polar surface area (TPSA) is 57.6 Å². The molecule has 0 atom stereocenters. The van der Waals surface area contributed by atoms with Crippen molar-refractivity contribution in [2.45, 2.75) is 32.1 Å². The van der Waals surface area contributed by atoms with E-state index < -0.39 is 11.4 Å². The summed E-state index contributed by atoms with van der Waals surface area (Å²) in [6.07, 6.45) is 3.85. The van der Waals surface area contributed by atoms with Crippen molar-refractivity contribution < 1.29 is 14.7 Å². The first-order valence-electron chi connectivity index (χ1n) is 7.09. The van der Waals surface area contributed by atoms with Crippen LogP contribution in [0.3, 0.4) is 0 Å². The Labute approximate surface area is 119 Å². The molecule has 1 fully saturated rings. The Morgan fingerprint density at radius 2 is 1.85 bits per heavy atom. The smallest absolute Gasteiger partial charge is 0.319 e. The third-order valence-electron chi connectivity index (χ3n) is 3.97. The van der Waals surface area contributed by atoms with E-state index in [2.05, 4.69) is 12.1 Å². The van der Waals surface area contributed by atoms with Crippen LogP contribution in [0.5, 0.6) is 0 Å². The van der Waals surface area contributed by atoms with Gasteiger partial charge in [-0.25, -0.2) is 0 Å². The van der Waals surface area contributed by atoms with Gasteiger partial charge < -0.3 is 10.0 Å². The molecule has 1 saturated carbocycles. The van der Waals surface area contributed by atoms with Crippen molar-refractivity contribution in [1.29, 1.82) is 0 Å². The van der Waals surface area contributed by atoms with Gasteiger partial charge in [0.1, 0.15) is 5.41 Å². The van der Waals surface area contributed by atoms with Crippen molar-refractivity contribution in [2.24, 2.45) is 5.41 Å². The summed E-state index contributed by atoms with van der Waals surface area (Å²) in [5, 5.41) is 9.10. The number of carboxylic acids is 1. The number of carbonyl (C=O) groups is 2. The molecule has 108 valence electrons. The molecular formula is C16H21NO3. The molecule has 1 aromatic rings. The summed E-state index contributed by atoms with van der Waals surface area (Å²) < 4.78 is 0. The first kappa shape index (κ1) is 14.6. The number of aliphatic carboxylic acids is 1. The molecule has 0 unspecified atom stereocenters. The minimum absolute atomic E-state index is 0.232. The first-order valence-corrected chi connectivity index (χ1v) is 7.09. The lowest BCUT2D eigenvalue weighted by atomic mass is 10.1. The minimum atomic E-state index is -1.10. The molecular weight excluding hydrogens is 254 g/mol. The van der Waals surface area contributed by atoms with Crippen molar-refractivity contribution in [3.05, 3.63) is 35.9 Å². The fourth-order valence-corrected chi connectivity index (χ4v) is 2.43. The Bertz CT molecular complexity index is 480. The fraction of sp³-hybridized carbons (Fsp3) is 0.500. The van der Waals surface area contributed by atoms with Crippen molar-refractivity contribution >= 4 is 11.9 Å². The van der Waals surface area contributed by atoms with Crippen LogP contribution in [-0.4, -0.2) is 35.5 Å². The van der Waals surface area contributed by atoms with Gasteiger partial charge in [0.2, 0.25) is 5.91 Å². The van der Waals surface area contributed by atoms with Crippen molar-refractivity contribution in [3.63, 3.8) is 0 Å². The molecule has 1 N–H and O–H groups in total. The Kier molecular flexibility index (Phi) is 4.42. The number of aryl methyl sites for hydroxylation is 1. The molecule has 0 aromatic heterocycles. The van der Waals surface area contributed by atoms with Gasteiger partial charge in [0.15, 0.2) is 0 Å². The Morgan fingerprint density at radius 1 is 1.20 bits per heavy atom. The lowest BCUT2D eigenvalue weighted by Gasteiger charge is -2.21. The summed E-state index contributed by atoms with van der Waals surface area (Å²) >= 11 is 0. The maximum Gasteiger partial charge on any atom is 0.319 e. The van der Waals surface area contributed by atoms with Gasteiger partial charge in [0, 0.05) is 13.6 Å². The van der Waals surface area contributed by atoms with E-state index in [1.165, 1.54) is 5.56 Å². The minimum Gasteiger partial charge on any atom is -0.480 e. The van der Waals surface area contributed by atoms with E-state index >= 15 is 0 Å². The van der Waals surface area contributed by atoms with Crippen LogP contribution in [0.25, 0.3) is 0 Å². The van der Waals surface area contributed by atoms with Gasteiger partial charge in [-0.2, -0.15) is 0 Å². The molecule has 1 aliphatic carbocycles. The van der Waals surface area contributed by atoms with E-state index in [4.69, 9.17) is 5.11 Å². The molecule has 1 amide bonds. The average molecular weight is 275 g/mol. The number of unbranched alkanes of at least 4 members (excludes halogenated alkanes) is 1. The van der Waals surface area contributed by atoms with Gasteiger partial charge in [-0.3, -0.25) is 9.59 Å². The molecule has 1 aromatic carbocycles. The van der Waals surface area contributed by atoms with Crippen molar-refractivity contribution in [1.82, 2.24) is 4.90 Å². The molecule has 0 spiro atoms. The fourth-order valence-electron chi connectivity index (χ4n) is 2.43. The molecule has 0 heterocycles. The highest BCUT2D eigenvalue weighted by atomic mass is 16.4. The number of carbonyl (C=O) groups excluding carboxylic acids is 1. The van der Waals surface area contributed by atoms with Crippen LogP contribution in [-0.2, 0) is 16.0 Å². The molecule has 2 rings (SSSR count). The van der Waals surface area contributed by atoms with Crippen LogP contribution < -0.4 is 0 Å². The summed E-state index contributed by atoms with van der Waals surface area (Å²) in [5.41, 5.74) is 0.194. The molecule has 0 aliphatic heterocycles. The van der Waals surface area contributed by atoms with E-state index in [1.54, 1.807) is 11.9 Å².